The Labute approximate surface area is 80.1 Å². The van der Waals surface area contributed by atoms with Crippen molar-refractivity contribution >= 4 is 5.97 Å². The predicted octanol–water partition coefficient (Wildman–Crippen LogP) is 1.42. The SMILES string of the molecule is CC(C)OC(=O)C1CCCCN1C. The first kappa shape index (κ1) is 10.5. The zero-order chi connectivity index (χ0) is 9.84. The number of hydrogen-bond acceptors (Lipinski definition) is 3. The van der Waals surface area contributed by atoms with E-state index in [0.29, 0.717) is 0 Å². The molecule has 0 aromatic heterocycles. The molecule has 0 amide bonds. The summed E-state index contributed by atoms with van der Waals surface area (Å²) in [6, 6.07) is -0.00356. The van der Waals surface area contributed by atoms with Crippen molar-refractivity contribution in [3.63, 3.8) is 0 Å². The minimum absolute atomic E-state index is 0.00262. The quantitative estimate of drug-likeness (QED) is 0.609. The molecular formula is C10H19NO2. The molecule has 0 spiro atoms. The molecule has 0 aliphatic carbocycles. The first-order valence-corrected chi connectivity index (χ1v) is 5.02. The predicted molar refractivity (Wildman–Crippen MR) is 51.5 cm³/mol. The molecule has 1 fully saturated rings. The van der Waals surface area contributed by atoms with E-state index < -0.39 is 0 Å². The third-order valence-corrected chi connectivity index (χ3v) is 2.39. The zero-order valence-electron chi connectivity index (χ0n) is 8.75. The summed E-state index contributed by atoms with van der Waals surface area (Å²) in [7, 11) is 1.99. The lowest BCUT2D eigenvalue weighted by atomic mass is 10.0. The zero-order valence-corrected chi connectivity index (χ0v) is 8.75. The molecule has 0 radical (unpaired) electrons. The second-order valence-electron chi connectivity index (χ2n) is 3.98. The second-order valence-corrected chi connectivity index (χ2v) is 3.98. The molecule has 1 saturated heterocycles. The lowest BCUT2D eigenvalue weighted by Crippen LogP contribution is -2.43. The highest BCUT2D eigenvalue weighted by Gasteiger charge is 2.27. The number of ether oxygens (including phenoxy) is 1. The number of piperidine rings is 1. The van der Waals surface area contributed by atoms with Crippen LogP contribution in [-0.4, -0.2) is 36.6 Å². The van der Waals surface area contributed by atoms with Gasteiger partial charge in [0, 0.05) is 0 Å². The summed E-state index contributed by atoms with van der Waals surface area (Å²) in [5, 5.41) is 0. The highest BCUT2D eigenvalue weighted by molar-refractivity contribution is 5.76. The smallest absolute Gasteiger partial charge is 0.323 e. The Balaban J connectivity index is 2.44. The van der Waals surface area contributed by atoms with Crippen LogP contribution in [0.15, 0.2) is 0 Å². The van der Waals surface area contributed by atoms with Crippen molar-refractivity contribution in [1.29, 1.82) is 0 Å². The summed E-state index contributed by atoms with van der Waals surface area (Å²) in [5.74, 6) is -0.0581. The maximum absolute atomic E-state index is 11.6. The van der Waals surface area contributed by atoms with Gasteiger partial charge in [0.15, 0.2) is 0 Å². The molecule has 0 aromatic rings. The van der Waals surface area contributed by atoms with Crippen LogP contribution in [0.5, 0.6) is 0 Å². The van der Waals surface area contributed by atoms with Crippen LogP contribution in [0.4, 0.5) is 0 Å². The van der Waals surface area contributed by atoms with E-state index in [1.807, 2.05) is 20.9 Å². The van der Waals surface area contributed by atoms with Crippen LogP contribution in [0.25, 0.3) is 0 Å². The molecule has 76 valence electrons. The van der Waals surface area contributed by atoms with E-state index in [9.17, 15) is 4.79 Å². The first-order valence-electron chi connectivity index (χ1n) is 5.02. The van der Waals surface area contributed by atoms with Gasteiger partial charge in [0.05, 0.1) is 6.10 Å². The molecule has 0 aromatic carbocycles. The summed E-state index contributed by atoms with van der Waals surface area (Å²) < 4.78 is 5.18. The number of nitrogens with zero attached hydrogens (tertiary/aromatic N) is 1. The van der Waals surface area contributed by atoms with Crippen LogP contribution in [0.1, 0.15) is 33.1 Å². The van der Waals surface area contributed by atoms with Gasteiger partial charge >= 0.3 is 5.97 Å². The molecule has 1 unspecified atom stereocenters. The maximum atomic E-state index is 11.6. The number of carbonyl (C=O) groups excluding carboxylic acids is 1. The van der Waals surface area contributed by atoms with E-state index in [2.05, 4.69) is 4.90 Å². The number of likely N-dealkylation sites (N-methyl/N-ethyl adjacent to an activating group) is 1. The molecule has 1 rings (SSSR count). The van der Waals surface area contributed by atoms with Crippen molar-refractivity contribution in [1.82, 2.24) is 4.90 Å². The van der Waals surface area contributed by atoms with Crippen LogP contribution in [0.3, 0.4) is 0 Å². The van der Waals surface area contributed by atoms with E-state index in [0.717, 1.165) is 19.4 Å². The molecule has 1 heterocycles. The molecule has 13 heavy (non-hydrogen) atoms. The van der Waals surface area contributed by atoms with Crippen LogP contribution in [-0.2, 0) is 9.53 Å². The second kappa shape index (κ2) is 4.61. The Morgan fingerprint density at radius 2 is 2.15 bits per heavy atom. The third kappa shape index (κ3) is 2.99. The first-order chi connectivity index (χ1) is 6.11. The molecule has 3 nitrogen and oxygen atoms in total. The summed E-state index contributed by atoms with van der Waals surface area (Å²) in [6.45, 7) is 4.79. The van der Waals surface area contributed by atoms with E-state index in [-0.39, 0.29) is 18.1 Å². The minimum atomic E-state index is -0.0581. The number of likely N-dealkylation sites (tertiary alicyclic amines) is 1. The average molecular weight is 185 g/mol. The van der Waals surface area contributed by atoms with Crippen molar-refractivity contribution in [2.75, 3.05) is 13.6 Å². The van der Waals surface area contributed by atoms with Crippen LogP contribution < -0.4 is 0 Å². The van der Waals surface area contributed by atoms with Gasteiger partial charge in [-0.05, 0) is 40.3 Å². The minimum Gasteiger partial charge on any atom is -0.462 e. The largest absolute Gasteiger partial charge is 0.462 e. The van der Waals surface area contributed by atoms with E-state index in [4.69, 9.17) is 4.74 Å². The lowest BCUT2D eigenvalue weighted by Gasteiger charge is -2.30. The van der Waals surface area contributed by atoms with Crippen molar-refractivity contribution in [2.24, 2.45) is 0 Å². The molecule has 1 atom stereocenters. The summed E-state index contributed by atoms with van der Waals surface area (Å²) in [4.78, 5) is 13.6. The Morgan fingerprint density at radius 1 is 1.46 bits per heavy atom. The van der Waals surface area contributed by atoms with Gasteiger partial charge in [-0.15, -0.1) is 0 Å². The van der Waals surface area contributed by atoms with Crippen molar-refractivity contribution in [3.05, 3.63) is 0 Å². The van der Waals surface area contributed by atoms with Gasteiger partial charge in [0.25, 0.3) is 0 Å². The molecule has 0 bridgehead atoms. The molecule has 3 heteroatoms. The maximum Gasteiger partial charge on any atom is 0.323 e. The Bertz CT molecular complexity index is 180. The fourth-order valence-electron chi connectivity index (χ4n) is 1.68. The van der Waals surface area contributed by atoms with Crippen molar-refractivity contribution in [3.8, 4) is 0 Å². The number of rotatable bonds is 2. The van der Waals surface area contributed by atoms with E-state index >= 15 is 0 Å². The standard InChI is InChI=1S/C10H19NO2/c1-8(2)13-10(12)9-6-4-5-7-11(9)3/h8-9H,4-7H2,1-3H3. The fraction of sp³-hybridized carbons (Fsp3) is 0.900. The lowest BCUT2D eigenvalue weighted by molar-refractivity contribution is -0.154. The molecule has 1 aliphatic heterocycles. The van der Waals surface area contributed by atoms with Gasteiger partial charge < -0.3 is 4.74 Å². The van der Waals surface area contributed by atoms with Crippen LogP contribution in [0, 0.1) is 0 Å². The van der Waals surface area contributed by atoms with E-state index in [1.54, 1.807) is 0 Å². The number of esters is 1. The Hall–Kier alpha value is -0.570. The summed E-state index contributed by atoms with van der Waals surface area (Å²) >= 11 is 0. The van der Waals surface area contributed by atoms with Gasteiger partial charge in [-0.25, -0.2) is 0 Å². The van der Waals surface area contributed by atoms with Gasteiger partial charge in [-0.1, -0.05) is 6.42 Å². The van der Waals surface area contributed by atoms with Gasteiger partial charge in [0.1, 0.15) is 6.04 Å². The van der Waals surface area contributed by atoms with E-state index in [1.165, 1.54) is 6.42 Å². The third-order valence-electron chi connectivity index (χ3n) is 2.39. The Kier molecular flexibility index (Phi) is 3.72. The molecule has 1 aliphatic rings. The fourth-order valence-corrected chi connectivity index (χ4v) is 1.68. The van der Waals surface area contributed by atoms with Crippen LogP contribution in [0.2, 0.25) is 0 Å². The topological polar surface area (TPSA) is 29.5 Å². The van der Waals surface area contributed by atoms with Crippen molar-refractivity contribution in [2.45, 2.75) is 45.3 Å². The highest BCUT2D eigenvalue weighted by atomic mass is 16.5. The van der Waals surface area contributed by atoms with Crippen LogP contribution >= 0.6 is 0 Å². The van der Waals surface area contributed by atoms with Crippen molar-refractivity contribution < 1.29 is 9.53 Å². The molecule has 0 N–H and O–H groups in total. The number of hydrogen-bond donors (Lipinski definition) is 0. The summed E-state index contributed by atoms with van der Waals surface area (Å²) in [6.07, 6.45) is 3.29. The average Bonchev–Trinajstić information content (AvgIpc) is 2.03. The van der Waals surface area contributed by atoms with Gasteiger partial charge in [0.2, 0.25) is 0 Å². The monoisotopic (exact) mass is 185 g/mol. The number of carbonyl (C=O) groups is 1. The molecular weight excluding hydrogens is 166 g/mol. The van der Waals surface area contributed by atoms with Gasteiger partial charge in [-0.3, -0.25) is 9.69 Å². The summed E-state index contributed by atoms with van der Waals surface area (Å²) in [5.41, 5.74) is 0. The molecule has 0 saturated carbocycles. The highest BCUT2D eigenvalue weighted by Crippen LogP contribution is 2.16. The Morgan fingerprint density at radius 3 is 2.69 bits per heavy atom. The normalized spacial score (nSPS) is 24.8. The van der Waals surface area contributed by atoms with Gasteiger partial charge in [-0.2, -0.15) is 0 Å².